The van der Waals surface area contributed by atoms with Gasteiger partial charge in [-0.15, -0.1) is 0 Å². The maximum Gasteiger partial charge on any atom is 0.161 e. The minimum absolute atomic E-state index is 0.201. The summed E-state index contributed by atoms with van der Waals surface area (Å²) >= 11 is 0. The van der Waals surface area contributed by atoms with Crippen LogP contribution in [0.25, 0.3) is 0 Å². The summed E-state index contributed by atoms with van der Waals surface area (Å²) < 4.78 is 10.7. The van der Waals surface area contributed by atoms with E-state index in [-0.39, 0.29) is 5.54 Å². The molecule has 94 valence electrons. The zero-order valence-electron chi connectivity index (χ0n) is 11.3. The van der Waals surface area contributed by atoms with E-state index in [1.165, 1.54) is 11.1 Å². The average Bonchev–Trinajstić information content (AvgIpc) is 2.28. The lowest BCUT2D eigenvalue weighted by Gasteiger charge is -2.41. The maximum absolute atomic E-state index is 5.36. The van der Waals surface area contributed by atoms with E-state index in [4.69, 9.17) is 9.47 Å². The van der Waals surface area contributed by atoms with Crippen LogP contribution < -0.4 is 9.47 Å². The molecule has 0 N–H and O–H groups in total. The maximum atomic E-state index is 5.36. The molecule has 1 aromatic rings. The van der Waals surface area contributed by atoms with E-state index in [0.29, 0.717) is 0 Å². The van der Waals surface area contributed by atoms with Gasteiger partial charge in [0.1, 0.15) is 0 Å². The first-order valence-electron chi connectivity index (χ1n) is 5.93. The molecule has 1 aliphatic rings. The van der Waals surface area contributed by atoms with E-state index in [1.54, 1.807) is 14.2 Å². The third kappa shape index (κ3) is 2.12. The van der Waals surface area contributed by atoms with Crippen LogP contribution in [0.3, 0.4) is 0 Å². The summed E-state index contributed by atoms with van der Waals surface area (Å²) in [4.78, 5) is 2.38. The number of likely N-dealkylation sites (N-methyl/N-ethyl adjacent to an activating group) is 1. The molecule has 1 heterocycles. The number of benzene rings is 1. The lowest BCUT2D eigenvalue weighted by atomic mass is 9.86. The summed E-state index contributed by atoms with van der Waals surface area (Å²) in [7, 11) is 5.53. The first kappa shape index (κ1) is 12.2. The highest BCUT2D eigenvalue weighted by Crippen LogP contribution is 2.36. The van der Waals surface area contributed by atoms with Crippen LogP contribution in [0.2, 0.25) is 0 Å². The number of hydrogen-bond donors (Lipinski definition) is 0. The Kier molecular flexibility index (Phi) is 3.04. The minimum Gasteiger partial charge on any atom is -0.493 e. The smallest absolute Gasteiger partial charge is 0.161 e. The predicted molar refractivity (Wildman–Crippen MR) is 68.8 cm³/mol. The molecule has 0 fully saturated rings. The number of rotatable bonds is 2. The lowest BCUT2D eigenvalue weighted by Crippen LogP contribution is -2.45. The molecule has 1 aliphatic heterocycles. The first-order valence-corrected chi connectivity index (χ1v) is 5.93. The van der Waals surface area contributed by atoms with Crippen LogP contribution in [0.15, 0.2) is 12.1 Å². The van der Waals surface area contributed by atoms with Gasteiger partial charge in [0.05, 0.1) is 14.2 Å². The Labute approximate surface area is 103 Å². The van der Waals surface area contributed by atoms with Crippen LogP contribution >= 0.6 is 0 Å². The van der Waals surface area contributed by atoms with Crippen molar-refractivity contribution in [3.05, 3.63) is 23.3 Å². The first-order chi connectivity index (χ1) is 7.97. The Hall–Kier alpha value is -1.22. The van der Waals surface area contributed by atoms with Crippen molar-refractivity contribution in [3.8, 4) is 11.5 Å². The number of methoxy groups -OCH3 is 2. The number of hydrogen-bond acceptors (Lipinski definition) is 3. The van der Waals surface area contributed by atoms with Crippen LogP contribution in [0.1, 0.15) is 25.0 Å². The van der Waals surface area contributed by atoms with Gasteiger partial charge in [-0.3, -0.25) is 4.90 Å². The second kappa shape index (κ2) is 4.22. The van der Waals surface area contributed by atoms with Gasteiger partial charge in [0.2, 0.25) is 0 Å². The standard InChI is InChI=1S/C14H21NO2/c1-14(2)8-10-6-12(16-4)13(17-5)7-11(10)9-15(14)3/h6-7H,8-9H2,1-5H3. The van der Waals surface area contributed by atoms with Crippen LogP contribution in [0.5, 0.6) is 11.5 Å². The largest absolute Gasteiger partial charge is 0.493 e. The Morgan fingerprint density at radius 2 is 1.59 bits per heavy atom. The summed E-state index contributed by atoms with van der Waals surface area (Å²) in [6.07, 6.45) is 1.04. The van der Waals surface area contributed by atoms with Crippen LogP contribution in [0.4, 0.5) is 0 Å². The van der Waals surface area contributed by atoms with Gasteiger partial charge in [0, 0.05) is 12.1 Å². The summed E-state index contributed by atoms with van der Waals surface area (Å²) in [6, 6.07) is 4.21. The van der Waals surface area contributed by atoms with Crippen LogP contribution in [-0.2, 0) is 13.0 Å². The molecule has 3 heteroatoms. The van der Waals surface area contributed by atoms with Crippen molar-refractivity contribution < 1.29 is 9.47 Å². The molecule has 0 amide bonds. The number of fused-ring (bicyclic) bond motifs is 1. The van der Waals surface area contributed by atoms with Crippen molar-refractivity contribution >= 4 is 0 Å². The molecule has 2 rings (SSSR count). The highest BCUT2D eigenvalue weighted by Gasteiger charge is 2.30. The lowest BCUT2D eigenvalue weighted by molar-refractivity contribution is 0.132. The molecule has 17 heavy (non-hydrogen) atoms. The molecule has 0 saturated heterocycles. The van der Waals surface area contributed by atoms with Gasteiger partial charge in [-0.2, -0.15) is 0 Å². The summed E-state index contributed by atoms with van der Waals surface area (Å²) in [5, 5.41) is 0. The van der Waals surface area contributed by atoms with E-state index >= 15 is 0 Å². The van der Waals surface area contributed by atoms with Crippen molar-refractivity contribution in [2.24, 2.45) is 0 Å². The average molecular weight is 235 g/mol. The second-order valence-electron chi connectivity index (χ2n) is 5.32. The van der Waals surface area contributed by atoms with Crippen LogP contribution in [0, 0.1) is 0 Å². The zero-order chi connectivity index (χ0) is 12.6. The molecule has 0 spiro atoms. The highest BCUT2D eigenvalue weighted by molar-refractivity contribution is 5.48. The van der Waals surface area contributed by atoms with Crippen molar-refractivity contribution in [2.45, 2.75) is 32.4 Å². The van der Waals surface area contributed by atoms with Crippen molar-refractivity contribution in [1.29, 1.82) is 0 Å². The fourth-order valence-corrected chi connectivity index (χ4v) is 2.35. The van der Waals surface area contributed by atoms with Crippen molar-refractivity contribution in [3.63, 3.8) is 0 Å². The highest BCUT2D eigenvalue weighted by atomic mass is 16.5. The SMILES string of the molecule is COc1cc2c(cc1OC)CC(C)(C)N(C)C2. The van der Waals surface area contributed by atoms with Gasteiger partial charge in [-0.1, -0.05) is 0 Å². The molecule has 0 bridgehead atoms. The quantitative estimate of drug-likeness (QED) is 0.786. The fraction of sp³-hybridized carbons (Fsp3) is 0.571. The topological polar surface area (TPSA) is 21.7 Å². The molecular weight excluding hydrogens is 214 g/mol. The Balaban J connectivity index is 2.45. The van der Waals surface area contributed by atoms with Gasteiger partial charge >= 0.3 is 0 Å². The Morgan fingerprint density at radius 3 is 2.12 bits per heavy atom. The molecule has 0 radical (unpaired) electrons. The fourth-order valence-electron chi connectivity index (χ4n) is 2.35. The minimum atomic E-state index is 0.201. The van der Waals surface area contributed by atoms with Gasteiger partial charge in [0.25, 0.3) is 0 Å². The number of ether oxygens (including phenoxy) is 2. The van der Waals surface area contributed by atoms with E-state index < -0.39 is 0 Å². The van der Waals surface area contributed by atoms with Gasteiger partial charge in [-0.25, -0.2) is 0 Å². The summed E-state index contributed by atoms with van der Waals surface area (Å²) in [5.74, 6) is 1.64. The summed E-state index contributed by atoms with van der Waals surface area (Å²) in [5.41, 5.74) is 2.90. The molecule has 0 saturated carbocycles. The number of nitrogens with zero attached hydrogens (tertiary/aromatic N) is 1. The normalized spacial score (nSPS) is 18.6. The molecule has 0 atom stereocenters. The molecule has 0 aromatic heterocycles. The summed E-state index contributed by atoms with van der Waals surface area (Å²) in [6.45, 7) is 5.50. The molecule has 0 unspecified atom stereocenters. The van der Waals surface area contributed by atoms with Crippen molar-refractivity contribution in [1.82, 2.24) is 4.90 Å². The Bertz CT molecular complexity index is 426. The van der Waals surface area contributed by atoms with Gasteiger partial charge in [0.15, 0.2) is 11.5 Å². The third-order valence-electron chi connectivity index (χ3n) is 3.77. The van der Waals surface area contributed by atoms with Crippen LogP contribution in [-0.4, -0.2) is 31.7 Å². The van der Waals surface area contributed by atoms with Gasteiger partial charge in [-0.05, 0) is 50.6 Å². The van der Waals surface area contributed by atoms with Crippen molar-refractivity contribution in [2.75, 3.05) is 21.3 Å². The zero-order valence-corrected chi connectivity index (χ0v) is 11.3. The predicted octanol–water partition coefficient (Wildman–Crippen LogP) is 2.47. The van der Waals surface area contributed by atoms with E-state index in [0.717, 1.165) is 24.5 Å². The van der Waals surface area contributed by atoms with E-state index in [1.807, 2.05) is 0 Å². The molecule has 3 nitrogen and oxygen atoms in total. The molecular formula is C14H21NO2. The van der Waals surface area contributed by atoms with Gasteiger partial charge < -0.3 is 9.47 Å². The third-order valence-corrected chi connectivity index (χ3v) is 3.77. The molecule has 0 aliphatic carbocycles. The monoisotopic (exact) mass is 235 g/mol. The molecule has 1 aromatic carbocycles. The van der Waals surface area contributed by atoms with E-state index in [2.05, 4.69) is 37.9 Å². The second-order valence-corrected chi connectivity index (χ2v) is 5.32. The Morgan fingerprint density at radius 1 is 1.06 bits per heavy atom. The van der Waals surface area contributed by atoms with E-state index in [9.17, 15) is 0 Å².